The molecular weight excluding hydrogens is 296 g/mol. The van der Waals surface area contributed by atoms with E-state index in [4.69, 9.17) is 4.74 Å². The van der Waals surface area contributed by atoms with Crippen LogP contribution < -0.4 is 4.74 Å². The Morgan fingerprint density at radius 1 is 1.17 bits per heavy atom. The van der Waals surface area contributed by atoms with Crippen LogP contribution >= 0.6 is 0 Å². The van der Waals surface area contributed by atoms with Crippen LogP contribution in [0.25, 0.3) is 0 Å². The van der Waals surface area contributed by atoms with Crippen molar-refractivity contribution in [1.29, 1.82) is 0 Å². The number of hydrogen-bond donors (Lipinski definition) is 1. The quantitative estimate of drug-likeness (QED) is 0.404. The Bertz CT molecular complexity index is 536. The lowest BCUT2D eigenvalue weighted by Gasteiger charge is -2.14. The molecular formula is C18H26O5. The molecule has 0 saturated carbocycles. The molecule has 0 aliphatic rings. The monoisotopic (exact) mass is 322 g/mol. The second kappa shape index (κ2) is 9.87. The molecule has 0 aromatic heterocycles. The Morgan fingerprint density at radius 2 is 1.91 bits per heavy atom. The summed E-state index contributed by atoms with van der Waals surface area (Å²) in [5.74, 6) is 0.306. The maximum atomic E-state index is 11.5. The van der Waals surface area contributed by atoms with Crippen LogP contribution in [0.1, 0.15) is 61.9 Å². The molecule has 0 saturated heterocycles. The summed E-state index contributed by atoms with van der Waals surface area (Å²) in [6.45, 7) is 3.96. The van der Waals surface area contributed by atoms with E-state index in [1.54, 1.807) is 12.1 Å². The molecule has 0 radical (unpaired) electrons. The Labute approximate surface area is 137 Å². The summed E-state index contributed by atoms with van der Waals surface area (Å²) < 4.78 is 10.3. The van der Waals surface area contributed by atoms with Gasteiger partial charge in [-0.05, 0) is 44.7 Å². The van der Waals surface area contributed by atoms with Crippen molar-refractivity contribution >= 4 is 11.8 Å². The smallest absolute Gasteiger partial charge is 0.305 e. The minimum Gasteiger partial charge on any atom is -0.507 e. The molecule has 0 aliphatic carbocycles. The lowest BCUT2D eigenvalue weighted by molar-refractivity contribution is -0.140. The first-order valence-corrected chi connectivity index (χ1v) is 8.06. The molecule has 0 unspecified atom stereocenters. The van der Waals surface area contributed by atoms with Gasteiger partial charge in [0, 0.05) is 12.0 Å². The minimum absolute atomic E-state index is 0.0301. The molecule has 0 spiro atoms. The number of unbranched alkanes of at least 4 members (excludes halogenated alkanes) is 2. The molecule has 5 nitrogen and oxygen atoms in total. The van der Waals surface area contributed by atoms with Crippen LogP contribution in [-0.2, 0) is 16.0 Å². The highest BCUT2D eigenvalue weighted by Crippen LogP contribution is 2.33. The van der Waals surface area contributed by atoms with Crippen molar-refractivity contribution in [1.82, 2.24) is 0 Å². The van der Waals surface area contributed by atoms with Gasteiger partial charge in [-0.3, -0.25) is 9.59 Å². The van der Waals surface area contributed by atoms with Gasteiger partial charge in [-0.1, -0.05) is 13.3 Å². The van der Waals surface area contributed by atoms with Gasteiger partial charge in [0.1, 0.15) is 11.5 Å². The van der Waals surface area contributed by atoms with Gasteiger partial charge >= 0.3 is 5.97 Å². The zero-order valence-electron chi connectivity index (χ0n) is 14.2. The van der Waals surface area contributed by atoms with Gasteiger partial charge in [0.2, 0.25) is 0 Å². The largest absolute Gasteiger partial charge is 0.507 e. The zero-order valence-corrected chi connectivity index (χ0v) is 14.2. The number of aromatic hydroxyl groups is 1. The fraction of sp³-hybridized carbons (Fsp3) is 0.556. The Morgan fingerprint density at radius 3 is 2.52 bits per heavy atom. The molecule has 1 aromatic carbocycles. The van der Waals surface area contributed by atoms with Crippen LogP contribution in [0.2, 0.25) is 0 Å². The van der Waals surface area contributed by atoms with Crippen LogP contribution in [-0.4, -0.2) is 30.6 Å². The van der Waals surface area contributed by atoms with Crippen molar-refractivity contribution in [2.75, 3.05) is 13.7 Å². The molecule has 0 atom stereocenters. The average Bonchev–Trinajstić information content (AvgIpc) is 2.53. The Kier molecular flexibility index (Phi) is 8.16. The second-order valence-electron chi connectivity index (χ2n) is 5.48. The van der Waals surface area contributed by atoms with Crippen molar-refractivity contribution in [3.63, 3.8) is 0 Å². The highest BCUT2D eigenvalue weighted by Gasteiger charge is 2.15. The predicted molar refractivity (Wildman–Crippen MR) is 88.1 cm³/mol. The fourth-order valence-electron chi connectivity index (χ4n) is 2.36. The average molecular weight is 322 g/mol. The summed E-state index contributed by atoms with van der Waals surface area (Å²) in [7, 11) is 1.39. The van der Waals surface area contributed by atoms with Crippen LogP contribution in [0.15, 0.2) is 12.1 Å². The van der Waals surface area contributed by atoms with E-state index in [1.165, 1.54) is 14.0 Å². The lowest BCUT2D eigenvalue weighted by Crippen LogP contribution is -2.04. The molecule has 0 heterocycles. The van der Waals surface area contributed by atoms with Gasteiger partial charge in [-0.25, -0.2) is 0 Å². The topological polar surface area (TPSA) is 72.8 Å². The van der Waals surface area contributed by atoms with E-state index in [0.717, 1.165) is 25.7 Å². The fourth-order valence-corrected chi connectivity index (χ4v) is 2.36. The van der Waals surface area contributed by atoms with Crippen molar-refractivity contribution in [3.05, 3.63) is 23.3 Å². The highest BCUT2D eigenvalue weighted by molar-refractivity contribution is 5.97. The third-order valence-corrected chi connectivity index (χ3v) is 3.63. The van der Waals surface area contributed by atoms with E-state index in [1.807, 2.05) is 6.92 Å². The van der Waals surface area contributed by atoms with Crippen molar-refractivity contribution in [3.8, 4) is 11.5 Å². The van der Waals surface area contributed by atoms with E-state index < -0.39 is 0 Å². The van der Waals surface area contributed by atoms with Gasteiger partial charge in [-0.2, -0.15) is 0 Å². The van der Waals surface area contributed by atoms with E-state index >= 15 is 0 Å². The number of carbonyl (C=O) groups excluding carboxylic acids is 2. The summed E-state index contributed by atoms with van der Waals surface area (Å²) >= 11 is 0. The third-order valence-electron chi connectivity index (χ3n) is 3.63. The Hall–Kier alpha value is -2.04. The summed E-state index contributed by atoms with van der Waals surface area (Å²) in [5, 5.41) is 10.2. The first-order valence-electron chi connectivity index (χ1n) is 8.06. The molecule has 23 heavy (non-hydrogen) atoms. The van der Waals surface area contributed by atoms with Crippen LogP contribution in [0.3, 0.4) is 0 Å². The molecule has 1 aromatic rings. The minimum atomic E-state index is -0.194. The molecule has 128 valence electrons. The molecule has 0 aliphatic heterocycles. The number of phenolic OH excluding ortho intramolecular Hbond substituents is 1. The van der Waals surface area contributed by atoms with Crippen molar-refractivity contribution in [2.45, 2.75) is 52.4 Å². The van der Waals surface area contributed by atoms with E-state index in [2.05, 4.69) is 4.74 Å². The number of methoxy groups -OCH3 is 1. The van der Waals surface area contributed by atoms with E-state index in [9.17, 15) is 14.7 Å². The number of benzene rings is 1. The second-order valence-corrected chi connectivity index (χ2v) is 5.48. The standard InChI is InChI=1S/C18H26O5/c1-4-8-15-16(11-10-14(13(2)19)18(15)21)23-12-7-5-6-9-17(20)22-3/h10-11,21H,4-9,12H2,1-3H3. The number of ketones is 1. The summed E-state index contributed by atoms with van der Waals surface area (Å²) in [5.41, 5.74) is 1.02. The number of Topliss-reactive ketones (excluding diaryl/α,β-unsaturated/α-hetero) is 1. The summed E-state index contributed by atoms with van der Waals surface area (Å²) in [6.07, 6.45) is 4.39. The first-order chi connectivity index (χ1) is 11.0. The first kappa shape index (κ1) is 19.0. The number of hydrogen-bond acceptors (Lipinski definition) is 5. The third kappa shape index (κ3) is 5.93. The number of carbonyl (C=O) groups is 2. The maximum Gasteiger partial charge on any atom is 0.305 e. The van der Waals surface area contributed by atoms with Crippen molar-refractivity contribution in [2.24, 2.45) is 0 Å². The normalized spacial score (nSPS) is 10.4. The van der Waals surface area contributed by atoms with Gasteiger partial charge in [0.25, 0.3) is 0 Å². The van der Waals surface area contributed by atoms with Gasteiger partial charge < -0.3 is 14.6 Å². The number of phenols is 1. The van der Waals surface area contributed by atoms with Crippen LogP contribution in [0.5, 0.6) is 11.5 Å². The lowest BCUT2D eigenvalue weighted by atomic mass is 10.0. The molecule has 1 N–H and O–H groups in total. The maximum absolute atomic E-state index is 11.5. The number of rotatable bonds is 10. The Balaban J connectivity index is 2.57. The zero-order chi connectivity index (χ0) is 17.2. The predicted octanol–water partition coefficient (Wildman–Crippen LogP) is 3.66. The van der Waals surface area contributed by atoms with Crippen LogP contribution in [0.4, 0.5) is 0 Å². The molecule has 1 rings (SSSR count). The highest BCUT2D eigenvalue weighted by atomic mass is 16.5. The summed E-state index contributed by atoms with van der Waals surface area (Å²) in [6, 6.07) is 3.35. The number of ether oxygens (including phenoxy) is 2. The van der Waals surface area contributed by atoms with E-state index in [0.29, 0.717) is 36.3 Å². The van der Waals surface area contributed by atoms with E-state index in [-0.39, 0.29) is 17.5 Å². The van der Waals surface area contributed by atoms with Gasteiger partial charge in [0.05, 0.1) is 19.3 Å². The molecule has 5 heteroatoms. The summed E-state index contributed by atoms with van der Waals surface area (Å²) in [4.78, 5) is 22.5. The van der Waals surface area contributed by atoms with Crippen LogP contribution in [0, 0.1) is 0 Å². The van der Waals surface area contributed by atoms with Gasteiger partial charge in [-0.15, -0.1) is 0 Å². The molecule has 0 amide bonds. The molecule has 0 fully saturated rings. The SMILES string of the molecule is CCCc1c(OCCCCCC(=O)OC)ccc(C(C)=O)c1O. The van der Waals surface area contributed by atoms with Crippen molar-refractivity contribution < 1.29 is 24.2 Å². The molecule has 0 bridgehead atoms. The number of esters is 1. The van der Waals surface area contributed by atoms with Gasteiger partial charge in [0.15, 0.2) is 5.78 Å².